The minimum atomic E-state index is -0.562. The summed E-state index contributed by atoms with van der Waals surface area (Å²) in [5.41, 5.74) is 5.23. The molecule has 3 rings (SSSR count). The topological polar surface area (TPSA) is 68.3 Å². The molecule has 2 aromatic carbocycles. The van der Waals surface area contributed by atoms with Gasteiger partial charge >= 0.3 is 5.97 Å². The fourth-order valence-electron chi connectivity index (χ4n) is 3.05. The Morgan fingerprint density at radius 3 is 2.31 bits per heavy atom. The number of thiazole rings is 1. The molecule has 1 heterocycles. The first-order valence-corrected chi connectivity index (χ1v) is 10.2. The second-order valence-electron chi connectivity index (χ2n) is 6.84. The lowest BCUT2D eigenvalue weighted by molar-refractivity contribution is -0.119. The van der Waals surface area contributed by atoms with Gasteiger partial charge < -0.3 is 10.1 Å². The van der Waals surface area contributed by atoms with Crippen molar-refractivity contribution in [1.29, 1.82) is 0 Å². The Labute approximate surface area is 178 Å². The van der Waals surface area contributed by atoms with Gasteiger partial charge in [0, 0.05) is 16.3 Å². The molecule has 0 aliphatic rings. The molecule has 0 unspecified atom stereocenters. The zero-order chi connectivity index (χ0) is 21.1. The zero-order valence-electron chi connectivity index (χ0n) is 16.6. The average molecular weight is 429 g/mol. The van der Waals surface area contributed by atoms with Crippen LogP contribution < -0.4 is 5.32 Å². The van der Waals surface area contributed by atoms with Crippen molar-refractivity contribution in [1.82, 2.24) is 4.98 Å². The van der Waals surface area contributed by atoms with Crippen LogP contribution in [0.1, 0.15) is 32.1 Å². The highest BCUT2D eigenvalue weighted by Gasteiger charge is 2.19. The van der Waals surface area contributed by atoms with Crippen LogP contribution in [-0.4, -0.2) is 23.5 Å². The third-order valence-electron chi connectivity index (χ3n) is 4.35. The molecular weight excluding hydrogens is 408 g/mol. The molecule has 0 bridgehead atoms. The molecule has 0 saturated heterocycles. The standard InChI is InChI=1S/C22H21ClN2O3S/c1-12-9-13(2)19(14(3)10-12)25-18(26)11-28-22(27)20-15(4)24-21(29-20)16-5-7-17(23)8-6-16/h5-10H,11H2,1-4H3,(H,25,26). The fourth-order valence-corrected chi connectivity index (χ4v) is 4.14. The number of aryl methyl sites for hydroxylation is 4. The molecule has 0 atom stereocenters. The van der Waals surface area contributed by atoms with Crippen molar-refractivity contribution in [2.75, 3.05) is 11.9 Å². The lowest BCUT2D eigenvalue weighted by Gasteiger charge is -2.12. The summed E-state index contributed by atoms with van der Waals surface area (Å²) in [6.45, 7) is 7.25. The number of nitrogens with zero attached hydrogens (tertiary/aromatic N) is 1. The van der Waals surface area contributed by atoms with Crippen LogP contribution in [0.3, 0.4) is 0 Å². The summed E-state index contributed by atoms with van der Waals surface area (Å²) >= 11 is 7.14. The second kappa shape index (κ2) is 8.76. The highest BCUT2D eigenvalue weighted by molar-refractivity contribution is 7.17. The van der Waals surface area contributed by atoms with Crippen molar-refractivity contribution < 1.29 is 14.3 Å². The number of benzene rings is 2. The number of ether oxygens (including phenoxy) is 1. The highest BCUT2D eigenvalue weighted by Crippen LogP contribution is 2.29. The van der Waals surface area contributed by atoms with Crippen LogP contribution in [0.5, 0.6) is 0 Å². The monoisotopic (exact) mass is 428 g/mol. The van der Waals surface area contributed by atoms with E-state index in [0.29, 0.717) is 20.6 Å². The third-order valence-corrected chi connectivity index (χ3v) is 5.79. The van der Waals surface area contributed by atoms with E-state index in [1.165, 1.54) is 11.3 Å². The van der Waals surface area contributed by atoms with Gasteiger partial charge in [-0.15, -0.1) is 11.3 Å². The van der Waals surface area contributed by atoms with Crippen molar-refractivity contribution in [2.45, 2.75) is 27.7 Å². The van der Waals surface area contributed by atoms with E-state index < -0.39 is 5.97 Å². The Morgan fingerprint density at radius 1 is 1.07 bits per heavy atom. The Morgan fingerprint density at radius 2 is 1.69 bits per heavy atom. The predicted molar refractivity (Wildman–Crippen MR) is 117 cm³/mol. The molecule has 7 heteroatoms. The summed E-state index contributed by atoms with van der Waals surface area (Å²) in [6, 6.07) is 11.2. The maximum atomic E-state index is 12.4. The molecule has 0 aliphatic carbocycles. The number of nitrogens with one attached hydrogen (secondary N) is 1. The lowest BCUT2D eigenvalue weighted by Crippen LogP contribution is -2.21. The first-order chi connectivity index (χ1) is 13.7. The lowest BCUT2D eigenvalue weighted by atomic mass is 10.1. The van der Waals surface area contributed by atoms with Crippen LogP contribution in [0, 0.1) is 27.7 Å². The highest BCUT2D eigenvalue weighted by atomic mass is 35.5. The minimum absolute atomic E-state index is 0.362. The first kappa shape index (κ1) is 21.0. The van der Waals surface area contributed by atoms with Crippen LogP contribution in [0.25, 0.3) is 10.6 Å². The number of hydrogen-bond acceptors (Lipinski definition) is 5. The number of amides is 1. The smallest absolute Gasteiger partial charge is 0.350 e. The van der Waals surface area contributed by atoms with Crippen molar-refractivity contribution in [3.63, 3.8) is 0 Å². The van der Waals surface area contributed by atoms with E-state index in [0.717, 1.165) is 27.9 Å². The SMILES string of the molecule is Cc1cc(C)c(NC(=O)COC(=O)c2sc(-c3ccc(Cl)cc3)nc2C)c(C)c1. The average Bonchev–Trinajstić information content (AvgIpc) is 3.05. The Hall–Kier alpha value is -2.70. The maximum Gasteiger partial charge on any atom is 0.350 e. The molecule has 29 heavy (non-hydrogen) atoms. The van der Waals surface area contributed by atoms with E-state index in [2.05, 4.69) is 10.3 Å². The number of anilines is 1. The molecule has 0 radical (unpaired) electrons. The molecule has 0 aliphatic heterocycles. The van der Waals surface area contributed by atoms with Crippen molar-refractivity contribution >= 4 is 40.5 Å². The van der Waals surface area contributed by atoms with E-state index in [1.807, 2.05) is 45.0 Å². The number of halogens is 1. The van der Waals surface area contributed by atoms with E-state index >= 15 is 0 Å². The largest absolute Gasteiger partial charge is 0.451 e. The number of aromatic nitrogens is 1. The van der Waals surface area contributed by atoms with Crippen LogP contribution in [-0.2, 0) is 9.53 Å². The van der Waals surface area contributed by atoms with E-state index in [9.17, 15) is 9.59 Å². The number of carbonyl (C=O) groups is 2. The van der Waals surface area contributed by atoms with Gasteiger partial charge in [-0.1, -0.05) is 41.4 Å². The molecule has 3 aromatic rings. The molecule has 150 valence electrons. The summed E-state index contributed by atoms with van der Waals surface area (Å²) < 4.78 is 5.21. The molecular formula is C22H21ClN2O3S. The summed E-state index contributed by atoms with van der Waals surface area (Å²) in [6.07, 6.45) is 0. The van der Waals surface area contributed by atoms with Gasteiger partial charge in [0.2, 0.25) is 0 Å². The normalized spacial score (nSPS) is 10.7. The number of hydrogen-bond donors (Lipinski definition) is 1. The van der Waals surface area contributed by atoms with Gasteiger partial charge in [-0.05, 0) is 51.0 Å². The Balaban J connectivity index is 1.65. The Kier molecular flexibility index (Phi) is 6.35. The number of carbonyl (C=O) groups excluding carboxylic acids is 2. The summed E-state index contributed by atoms with van der Waals surface area (Å²) in [5, 5.41) is 4.15. The van der Waals surface area contributed by atoms with Crippen LogP contribution >= 0.6 is 22.9 Å². The number of esters is 1. The van der Waals surface area contributed by atoms with Crippen LogP contribution in [0.4, 0.5) is 5.69 Å². The van der Waals surface area contributed by atoms with Gasteiger partial charge in [0.05, 0.1) is 5.69 Å². The number of rotatable bonds is 5. The Bertz CT molecular complexity index is 1050. The fraction of sp³-hybridized carbons (Fsp3) is 0.227. The molecule has 0 saturated carbocycles. The van der Waals surface area contributed by atoms with Crippen LogP contribution in [0.15, 0.2) is 36.4 Å². The van der Waals surface area contributed by atoms with Gasteiger partial charge in [-0.3, -0.25) is 4.79 Å². The molecule has 0 spiro atoms. The van der Waals surface area contributed by atoms with Gasteiger partial charge in [0.1, 0.15) is 9.88 Å². The third kappa shape index (κ3) is 5.02. The van der Waals surface area contributed by atoms with Gasteiger partial charge in [0.15, 0.2) is 6.61 Å². The molecule has 5 nitrogen and oxygen atoms in total. The van der Waals surface area contributed by atoms with Crippen molar-refractivity contribution in [2.24, 2.45) is 0 Å². The van der Waals surface area contributed by atoms with E-state index in [-0.39, 0.29) is 12.5 Å². The molecule has 1 aromatic heterocycles. The van der Waals surface area contributed by atoms with Gasteiger partial charge in [0.25, 0.3) is 5.91 Å². The van der Waals surface area contributed by atoms with Gasteiger partial charge in [-0.25, -0.2) is 9.78 Å². The van der Waals surface area contributed by atoms with E-state index in [1.54, 1.807) is 19.1 Å². The van der Waals surface area contributed by atoms with Gasteiger partial charge in [-0.2, -0.15) is 0 Å². The summed E-state index contributed by atoms with van der Waals surface area (Å²) in [4.78, 5) is 29.5. The molecule has 1 amide bonds. The maximum absolute atomic E-state index is 12.4. The molecule has 1 N–H and O–H groups in total. The van der Waals surface area contributed by atoms with Crippen molar-refractivity contribution in [3.05, 3.63) is 68.7 Å². The predicted octanol–water partition coefficient (Wildman–Crippen LogP) is 5.49. The summed E-state index contributed by atoms with van der Waals surface area (Å²) in [7, 11) is 0. The summed E-state index contributed by atoms with van der Waals surface area (Å²) in [5.74, 6) is -0.943. The van der Waals surface area contributed by atoms with Crippen molar-refractivity contribution in [3.8, 4) is 10.6 Å². The quantitative estimate of drug-likeness (QED) is 0.545. The second-order valence-corrected chi connectivity index (χ2v) is 8.27. The molecule has 0 fully saturated rings. The first-order valence-electron chi connectivity index (χ1n) is 9.03. The minimum Gasteiger partial charge on any atom is -0.451 e. The van der Waals surface area contributed by atoms with Crippen LogP contribution in [0.2, 0.25) is 5.02 Å². The van der Waals surface area contributed by atoms with E-state index in [4.69, 9.17) is 16.3 Å². The zero-order valence-corrected chi connectivity index (χ0v) is 18.2.